The van der Waals surface area contributed by atoms with Crippen LogP contribution in [-0.4, -0.2) is 37.6 Å². The van der Waals surface area contributed by atoms with Crippen molar-refractivity contribution in [1.29, 1.82) is 0 Å². The first-order valence-corrected chi connectivity index (χ1v) is 6.82. The maximum atomic E-state index is 3.49. The Hall–Kier alpha value is -0.0800. The van der Waals surface area contributed by atoms with Crippen molar-refractivity contribution in [2.45, 2.75) is 38.5 Å². The van der Waals surface area contributed by atoms with Gasteiger partial charge in [0.25, 0.3) is 0 Å². The van der Waals surface area contributed by atoms with Crippen molar-refractivity contribution < 1.29 is 0 Å². The summed E-state index contributed by atoms with van der Waals surface area (Å²) < 4.78 is 0. The van der Waals surface area contributed by atoms with E-state index >= 15 is 0 Å². The molecule has 1 atom stereocenters. The number of nitrogens with zero attached hydrogens (tertiary/aromatic N) is 1. The highest BCUT2D eigenvalue weighted by Crippen LogP contribution is 2.58. The summed E-state index contributed by atoms with van der Waals surface area (Å²) in [6.07, 6.45) is 8.79. The first-order valence-electron chi connectivity index (χ1n) is 6.82. The maximum absolute atomic E-state index is 3.49. The number of hydrogen-bond acceptors (Lipinski definition) is 2. The quantitative estimate of drug-likeness (QED) is 0.745. The average molecular weight is 208 g/mol. The molecule has 0 amide bonds. The summed E-state index contributed by atoms with van der Waals surface area (Å²) in [6.45, 7) is 6.72. The predicted molar refractivity (Wildman–Crippen MR) is 62.9 cm³/mol. The van der Waals surface area contributed by atoms with Gasteiger partial charge in [0.15, 0.2) is 0 Å². The normalized spacial score (nSPS) is 35.6. The van der Waals surface area contributed by atoms with Crippen LogP contribution in [0.4, 0.5) is 0 Å². The van der Waals surface area contributed by atoms with E-state index in [1.807, 2.05) is 0 Å². The van der Waals surface area contributed by atoms with Crippen LogP contribution in [0.25, 0.3) is 0 Å². The van der Waals surface area contributed by atoms with Crippen molar-refractivity contribution in [1.82, 2.24) is 10.2 Å². The van der Waals surface area contributed by atoms with Crippen molar-refractivity contribution in [2.24, 2.45) is 11.3 Å². The van der Waals surface area contributed by atoms with E-state index in [0.717, 1.165) is 11.3 Å². The Balaban J connectivity index is 1.48. The third kappa shape index (κ3) is 2.07. The zero-order valence-corrected chi connectivity index (χ0v) is 9.80. The van der Waals surface area contributed by atoms with Gasteiger partial charge in [-0.1, -0.05) is 6.42 Å². The Bertz CT molecular complexity index is 215. The van der Waals surface area contributed by atoms with Gasteiger partial charge in [0.05, 0.1) is 0 Å². The van der Waals surface area contributed by atoms with E-state index < -0.39 is 0 Å². The third-order valence-electron chi connectivity index (χ3n) is 4.89. The van der Waals surface area contributed by atoms with Crippen LogP contribution in [-0.2, 0) is 0 Å². The lowest BCUT2D eigenvalue weighted by Crippen LogP contribution is -2.35. The SMILES string of the molecule is C1CCN(C[C@@H]2CC23CCNCC3)CC1. The van der Waals surface area contributed by atoms with E-state index in [1.165, 1.54) is 71.2 Å². The van der Waals surface area contributed by atoms with E-state index in [-0.39, 0.29) is 0 Å². The lowest BCUT2D eigenvalue weighted by molar-refractivity contribution is 0.198. The highest BCUT2D eigenvalue weighted by Gasteiger charge is 2.53. The molecule has 0 aromatic heterocycles. The highest BCUT2D eigenvalue weighted by molar-refractivity contribution is 5.05. The van der Waals surface area contributed by atoms with Crippen LogP contribution < -0.4 is 5.32 Å². The number of piperidine rings is 2. The molecule has 3 aliphatic rings. The van der Waals surface area contributed by atoms with Crippen molar-refractivity contribution in [3.8, 4) is 0 Å². The van der Waals surface area contributed by atoms with Gasteiger partial charge in [-0.2, -0.15) is 0 Å². The first-order chi connectivity index (χ1) is 7.39. The first kappa shape index (κ1) is 10.1. The molecule has 2 heteroatoms. The molecule has 0 aromatic carbocycles. The fourth-order valence-electron chi connectivity index (χ4n) is 3.68. The second-order valence-corrected chi connectivity index (χ2v) is 5.87. The fourth-order valence-corrected chi connectivity index (χ4v) is 3.68. The lowest BCUT2D eigenvalue weighted by atomic mass is 9.91. The predicted octanol–water partition coefficient (Wildman–Crippen LogP) is 1.86. The van der Waals surface area contributed by atoms with Gasteiger partial charge in [-0.05, 0) is 69.6 Å². The molecule has 0 radical (unpaired) electrons. The topological polar surface area (TPSA) is 15.3 Å². The van der Waals surface area contributed by atoms with Gasteiger partial charge in [0.1, 0.15) is 0 Å². The van der Waals surface area contributed by atoms with Gasteiger partial charge in [0, 0.05) is 6.54 Å². The fraction of sp³-hybridized carbons (Fsp3) is 1.00. The zero-order chi connectivity index (χ0) is 10.1. The van der Waals surface area contributed by atoms with Gasteiger partial charge in [-0.15, -0.1) is 0 Å². The molecule has 3 rings (SSSR count). The summed E-state index contributed by atoms with van der Waals surface area (Å²) >= 11 is 0. The van der Waals surface area contributed by atoms with Crippen molar-refractivity contribution >= 4 is 0 Å². The molecule has 1 aliphatic carbocycles. The number of hydrogen-bond donors (Lipinski definition) is 1. The van der Waals surface area contributed by atoms with Crippen LogP contribution in [0.2, 0.25) is 0 Å². The van der Waals surface area contributed by atoms with Gasteiger partial charge < -0.3 is 10.2 Å². The van der Waals surface area contributed by atoms with Crippen molar-refractivity contribution in [3.63, 3.8) is 0 Å². The van der Waals surface area contributed by atoms with Gasteiger partial charge in [-0.3, -0.25) is 0 Å². The minimum Gasteiger partial charge on any atom is -0.317 e. The average Bonchev–Trinajstić information content (AvgIpc) is 2.93. The summed E-state index contributed by atoms with van der Waals surface area (Å²) in [6, 6.07) is 0. The monoisotopic (exact) mass is 208 g/mol. The van der Waals surface area contributed by atoms with Crippen molar-refractivity contribution in [3.05, 3.63) is 0 Å². The summed E-state index contributed by atoms with van der Waals surface area (Å²) in [5.74, 6) is 1.05. The zero-order valence-electron chi connectivity index (χ0n) is 9.80. The molecule has 0 bridgehead atoms. The Morgan fingerprint density at radius 2 is 1.80 bits per heavy atom. The molecule has 3 fully saturated rings. The molecule has 0 unspecified atom stereocenters. The van der Waals surface area contributed by atoms with E-state index in [2.05, 4.69) is 10.2 Å². The van der Waals surface area contributed by atoms with Gasteiger partial charge in [-0.25, -0.2) is 0 Å². The summed E-state index contributed by atoms with van der Waals surface area (Å²) in [4.78, 5) is 2.73. The van der Waals surface area contributed by atoms with E-state index in [0.29, 0.717) is 0 Å². The molecule has 86 valence electrons. The molecule has 15 heavy (non-hydrogen) atoms. The minimum atomic E-state index is 0.794. The highest BCUT2D eigenvalue weighted by atomic mass is 15.1. The summed E-state index contributed by atoms with van der Waals surface area (Å²) in [5.41, 5.74) is 0.794. The second-order valence-electron chi connectivity index (χ2n) is 5.87. The molecule has 2 nitrogen and oxygen atoms in total. The summed E-state index contributed by atoms with van der Waals surface area (Å²) in [5, 5.41) is 3.49. The third-order valence-corrected chi connectivity index (χ3v) is 4.89. The molecule has 1 N–H and O–H groups in total. The molecule has 1 spiro atoms. The van der Waals surface area contributed by atoms with Gasteiger partial charge in [0.2, 0.25) is 0 Å². The van der Waals surface area contributed by atoms with Crippen LogP contribution in [0.15, 0.2) is 0 Å². The van der Waals surface area contributed by atoms with Crippen LogP contribution >= 0.6 is 0 Å². The number of rotatable bonds is 2. The van der Waals surface area contributed by atoms with Crippen LogP contribution in [0, 0.1) is 11.3 Å². The Kier molecular flexibility index (Phi) is 2.73. The summed E-state index contributed by atoms with van der Waals surface area (Å²) in [7, 11) is 0. The van der Waals surface area contributed by atoms with Crippen LogP contribution in [0.3, 0.4) is 0 Å². The maximum Gasteiger partial charge on any atom is 0.00152 e. The van der Waals surface area contributed by atoms with Crippen LogP contribution in [0.5, 0.6) is 0 Å². The molecule has 1 saturated carbocycles. The molecule has 0 aromatic rings. The molecular weight excluding hydrogens is 184 g/mol. The second kappa shape index (κ2) is 4.06. The van der Waals surface area contributed by atoms with E-state index in [9.17, 15) is 0 Å². The number of likely N-dealkylation sites (tertiary alicyclic amines) is 1. The molecule has 2 saturated heterocycles. The van der Waals surface area contributed by atoms with E-state index in [4.69, 9.17) is 0 Å². The standard InChI is InChI=1S/C13H24N2/c1-2-8-15(9-3-1)11-12-10-13(12)4-6-14-7-5-13/h12,14H,1-11H2/t12-/m0/s1. The lowest BCUT2D eigenvalue weighted by Gasteiger charge is -2.29. The smallest absolute Gasteiger partial charge is 0.00152 e. The Labute approximate surface area is 93.4 Å². The largest absolute Gasteiger partial charge is 0.317 e. The number of nitrogens with one attached hydrogen (secondary N) is 1. The van der Waals surface area contributed by atoms with E-state index in [1.54, 1.807) is 0 Å². The molecule has 2 aliphatic heterocycles. The molecular formula is C13H24N2. The minimum absolute atomic E-state index is 0.794. The van der Waals surface area contributed by atoms with Gasteiger partial charge >= 0.3 is 0 Å². The molecule has 2 heterocycles. The Morgan fingerprint density at radius 3 is 2.53 bits per heavy atom. The Morgan fingerprint density at radius 1 is 1.07 bits per heavy atom. The van der Waals surface area contributed by atoms with Crippen LogP contribution in [0.1, 0.15) is 38.5 Å². The van der Waals surface area contributed by atoms with Crippen molar-refractivity contribution in [2.75, 3.05) is 32.7 Å².